The van der Waals surface area contributed by atoms with Crippen LogP contribution in [0.2, 0.25) is 0 Å². The van der Waals surface area contributed by atoms with E-state index in [1.807, 2.05) is 32.0 Å². The first-order chi connectivity index (χ1) is 17.9. The average molecular weight is 505 g/mol. The minimum absolute atomic E-state index is 0.00529. The minimum Gasteiger partial charge on any atom is -0.490 e. The minimum atomic E-state index is -0.454. The number of rotatable bonds is 12. The Kier molecular flexibility index (Phi) is 9.72. The number of nitrogens with zero attached hydrogens (tertiary/aromatic N) is 2. The van der Waals surface area contributed by atoms with Gasteiger partial charge in [-0.15, -0.1) is 0 Å². The highest BCUT2D eigenvalue weighted by atomic mass is 16.6. The second kappa shape index (κ2) is 13.4. The second-order valence-electron chi connectivity index (χ2n) is 8.01. The van der Waals surface area contributed by atoms with Crippen molar-refractivity contribution in [3.8, 4) is 11.5 Å². The molecule has 0 unspecified atom stereocenters. The van der Waals surface area contributed by atoms with Crippen LogP contribution in [-0.4, -0.2) is 29.6 Å². The van der Waals surface area contributed by atoms with Crippen LogP contribution in [0, 0.1) is 17.0 Å². The molecule has 10 heteroatoms. The summed E-state index contributed by atoms with van der Waals surface area (Å²) in [6, 6.07) is 18.7. The Morgan fingerprint density at radius 2 is 1.70 bits per heavy atom. The second-order valence-corrected chi connectivity index (χ2v) is 8.01. The number of para-hydroxylation sites is 1. The Morgan fingerprint density at radius 1 is 0.973 bits per heavy atom. The lowest BCUT2D eigenvalue weighted by Crippen LogP contribution is -2.20. The number of anilines is 1. The molecule has 0 aliphatic rings. The number of hydrazone groups is 1. The van der Waals surface area contributed by atoms with Gasteiger partial charge < -0.3 is 14.8 Å². The van der Waals surface area contributed by atoms with Gasteiger partial charge in [-0.2, -0.15) is 5.10 Å². The van der Waals surface area contributed by atoms with Gasteiger partial charge in [-0.25, -0.2) is 5.43 Å². The highest BCUT2D eigenvalue weighted by Crippen LogP contribution is 2.29. The molecule has 0 radical (unpaired) electrons. The average Bonchev–Trinajstić information content (AvgIpc) is 2.89. The van der Waals surface area contributed by atoms with Crippen LogP contribution in [0.5, 0.6) is 11.5 Å². The fourth-order valence-corrected chi connectivity index (χ4v) is 3.26. The van der Waals surface area contributed by atoms with Gasteiger partial charge in [-0.3, -0.25) is 19.7 Å². The lowest BCUT2D eigenvalue weighted by atomic mass is 10.2. The van der Waals surface area contributed by atoms with E-state index in [4.69, 9.17) is 9.47 Å². The Balaban J connectivity index is 1.50. The van der Waals surface area contributed by atoms with Crippen LogP contribution < -0.4 is 20.2 Å². The number of ether oxygens (including phenoxy) is 2. The van der Waals surface area contributed by atoms with Crippen molar-refractivity contribution in [1.29, 1.82) is 0 Å². The van der Waals surface area contributed by atoms with E-state index in [1.54, 1.807) is 36.4 Å². The van der Waals surface area contributed by atoms with E-state index in [0.29, 0.717) is 23.7 Å². The van der Waals surface area contributed by atoms with Gasteiger partial charge >= 0.3 is 0 Å². The molecule has 0 heterocycles. The first-order valence-electron chi connectivity index (χ1n) is 11.7. The third-order valence-electron chi connectivity index (χ3n) is 5.21. The van der Waals surface area contributed by atoms with Gasteiger partial charge in [0.25, 0.3) is 5.69 Å². The summed E-state index contributed by atoms with van der Waals surface area (Å²) in [5.74, 6) is 0.358. The maximum absolute atomic E-state index is 12.1. The van der Waals surface area contributed by atoms with Crippen molar-refractivity contribution < 1.29 is 24.0 Å². The molecule has 0 saturated carbocycles. The lowest BCUT2D eigenvalue weighted by Gasteiger charge is -2.12. The SMILES string of the molecule is CCOc1cc(C=NNC(=O)CCC(=O)Nc2ccccc2C)ccc1OCc1ccc([N+](=O)[O-])cc1. The Hall–Kier alpha value is -4.73. The van der Waals surface area contributed by atoms with Gasteiger partial charge in [0.2, 0.25) is 11.8 Å². The van der Waals surface area contributed by atoms with E-state index in [2.05, 4.69) is 15.8 Å². The Labute approximate surface area is 214 Å². The topological polar surface area (TPSA) is 132 Å². The number of nitro benzene ring substituents is 1. The van der Waals surface area contributed by atoms with Crippen molar-refractivity contribution in [3.63, 3.8) is 0 Å². The number of aryl methyl sites for hydroxylation is 1. The van der Waals surface area contributed by atoms with E-state index < -0.39 is 4.92 Å². The number of nitrogens with one attached hydrogen (secondary N) is 2. The predicted molar refractivity (Wildman–Crippen MR) is 140 cm³/mol. The number of benzene rings is 3. The zero-order chi connectivity index (χ0) is 26.6. The Morgan fingerprint density at radius 3 is 2.41 bits per heavy atom. The summed E-state index contributed by atoms with van der Waals surface area (Å²) in [5, 5.41) is 17.5. The molecule has 0 fully saturated rings. The van der Waals surface area contributed by atoms with Crippen LogP contribution in [0.1, 0.15) is 36.5 Å². The maximum atomic E-state index is 12.1. The first-order valence-corrected chi connectivity index (χ1v) is 11.7. The fourth-order valence-electron chi connectivity index (χ4n) is 3.26. The van der Waals surface area contributed by atoms with E-state index in [9.17, 15) is 19.7 Å². The molecule has 192 valence electrons. The van der Waals surface area contributed by atoms with Crippen molar-refractivity contribution in [2.24, 2.45) is 5.10 Å². The summed E-state index contributed by atoms with van der Waals surface area (Å²) in [6.07, 6.45) is 1.49. The summed E-state index contributed by atoms with van der Waals surface area (Å²) < 4.78 is 11.5. The molecule has 10 nitrogen and oxygen atoms in total. The van der Waals surface area contributed by atoms with Crippen molar-refractivity contribution in [2.75, 3.05) is 11.9 Å². The molecule has 2 amide bonds. The fraction of sp³-hybridized carbons (Fsp3) is 0.222. The van der Waals surface area contributed by atoms with Gasteiger partial charge in [0.1, 0.15) is 6.61 Å². The van der Waals surface area contributed by atoms with E-state index in [0.717, 1.165) is 16.8 Å². The molecular weight excluding hydrogens is 476 g/mol. The molecule has 0 bridgehead atoms. The smallest absolute Gasteiger partial charge is 0.269 e. The first kappa shape index (κ1) is 26.9. The lowest BCUT2D eigenvalue weighted by molar-refractivity contribution is -0.384. The summed E-state index contributed by atoms with van der Waals surface area (Å²) in [7, 11) is 0. The molecule has 37 heavy (non-hydrogen) atoms. The van der Waals surface area contributed by atoms with Gasteiger partial charge in [0.15, 0.2) is 11.5 Å². The Bertz CT molecular complexity index is 1270. The number of carbonyl (C=O) groups excluding carboxylic acids is 2. The molecule has 0 aromatic heterocycles. The van der Waals surface area contributed by atoms with Gasteiger partial charge in [-0.1, -0.05) is 18.2 Å². The molecule has 3 aromatic carbocycles. The highest BCUT2D eigenvalue weighted by Gasteiger charge is 2.10. The quantitative estimate of drug-likeness (QED) is 0.208. The van der Waals surface area contributed by atoms with Crippen LogP contribution >= 0.6 is 0 Å². The molecule has 3 rings (SSSR count). The molecule has 0 spiro atoms. The molecule has 0 saturated heterocycles. The molecule has 0 aliphatic heterocycles. The number of carbonyl (C=O) groups is 2. The summed E-state index contributed by atoms with van der Waals surface area (Å²) in [4.78, 5) is 34.5. The van der Waals surface area contributed by atoms with Crippen LogP contribution in [0.25, 0.3) is 0 Å². The number of non-ortho nitro benzene ring substituents is 1. The van der Waals surface area contributed by atoms with Crippen LogP contribution in [0.3, 0.4) is 0 Å². The zero-order valence-corrected chi connectivity index (χ0v) is 20.6. The summed E-state index contributed by atoms with van der Waals surface area (Å²) in [5.41, 5.74) is 5.54. The standard InChI is InChI=1S/C27H28N4O6/c1-3-36-25-16-21(10-13-24(25)37-18-20-8-11-22(12-9-20)31(34)35)17-28-30-27(33)15-14-26(32)29-23-7-5-4-6-19(23)2/h4-13,16-17H,3,14-15,18H2,1-2H3,(H,29,32)(H,30,33). The largest absolute Gasteiger partial charge is 0.490 e. The molecule has 3 aromatic rings. The van der Waals surface area contributed by atoms with Gasteiger partial charge in [-0.05, 0) is 66.9 Å². The van der Waals surface area contributed by atoms with Crippen LogP contribution in [0.15, 0.2) is 71.8 Å². The van der Waals surface area contributed by atoms with Crippen molar-refractivity contribution in [3.05, 3.63) is 93.5 Å². The summed E-state index contributed by atoms with van der Waals surface area (Å²) in [6.45, 7) is 4.36. The number of amides is 2. The molecular formula is C27H28N4O6. The van der Waals surface area contributed by atoms with Crippen molar-refractivity contribution >= 4 is 29.4 Å². The maximum Gasteiger partial charge on any atom is 0.269 e. The molecule has 0 atom stereocenters. The zero-order valence-electron chi connectivity index (χ0n) is 20.6. The van der Waals surface area contributed by atoms with Gasteiger partial charge in [0.05, 0.1) is 17.7 Å². The predicted octanol–water partition coefficient (Wildman–Crippen LogP) is 4.75. The van der Waals surface area contributed by atoms with E-state index in [-0.39, 0.29) is 37.0 Å². The molecule has 0 aliphatic carbocycles. The van der Waals surface area contributed by atoms with E-state index >= 15 is 0 Å². The monoisotopic (exact) mass is 504 g/mol. The third-order valence-corrected chi connectivity index (χ3v) is 5.21. The summed E-state index contributed by atoms with van der Waals surface area (Å²) >= 11 is 0. The third kappa shape index (κ3) is 8.46. The van der Waals surface area contributed by atoms with E-state index in [1.165, 1.54) is 18.3 Å². The van der Waals surface area contributed by atoms with Crippen LogP contribution in [-0.2, 0) is 16.2 Å². The van der Waals surface area contributed by atoms with Gasteiger partial charge in [0, 0.05) is 30.7 Å². The highest BCUT2D eigenvalue weighted by molar-refractivity contribution is 5.94. The number of nitro groups is 1. The van der Waals surface area contributed by atoms with Crippen molar-refractivity contribution in [2.45, 2.75) is 33.3 Å². The molecule has 2 N–H and O–H groups in total. The van der Waals surface area contributed by atoms with Crippen molar-refractivity contribution in [1.82, 2.24) is 5.43 Å². The number of hydrogen-bond donors (Lipinski definition) is 2. The number of hydrogen-bond acceptors (Lipinski definition) is 7. The normalized spacial score (nSPS) is 10.6. The van der Waals surface area contributed by atoms with Crippen LogP contribution in [0.4, 0.5) is 11.4 Å².